The van der Waals surface area contributed by atoms with E-state index in [1.807, 2.05) is 6.92 Å². The Balaban J connectivity index is 3.39. The first kappa shape index (κ1) is 11.4. The molecule has 0 rings (SSSR count). The molecular formula is C8H16O4. The second kappa shape index (κ2) is 7.06. The summed E-state index contributed by atoms with van der Waals surface area (Å²) in [7, 11) is 0. The van der Waals surface area contributed by atoms with Gasteiger partial charge in [0.05, 0.1) is 12.2 Å². The molecule has 0 saturated heterocycles. The zero-order valence-electron chi connectivity index (χ0n) is 7.27. The summed E-state index contributed by atoms with van der Waals surface area (Å²) in [6.07, 6.45) is 0.555. The lowest BCUT2D eigenvalue weighted by atomic mass is 10.1. The molecule has 0 saturated carbocycles. The van der Waals surface area contributed by atoms with Crippen molar-refractivity contribution in [3.63, 3.8) is 0 Å². The minimum absolute atomic E-state index is 0.0374. The predicted octanol–water partition coefficient (Wildman–Crippen LogP) is 0.0714. The molecule has 0 heterocycles. The van der Waals surface area contributed by atoms with Crippen LogP contribution in [0.5, 0.6) is 0 Å². The zero-order valence-corrected chi connectivity index (χ0v) is 7.27. The van der Waals surface area contributed by atoms with Gasteiger partial charge in [0, 0.05) is 6.42 Å². The number of aliphatic hydroxyl groups excluding tert-OH is 2. The minimum Gasteiger partial charge on any atom is -0.465 e. The normalized spacial score (nSPS) is 15.2. The highest BCUT2D eigenvalue weighted by Crippen LogP contribution is 2.04. The van der Waals surface area contributed by atoms with Gasteiger partial charge >= 0.3 is 0 Å². The second-order valence-electron chi connectivity index (χ2n) is 2.76. The van der Waals surface area contributed by atoms with Crippen LogP contribution < -0.4 is 0 Å². The van der Waals surface area contributed by atoms with E-state index in [1.54, 1.807) is 0 Å². The predicted molar refractivity (Wildman–Crippen MR) is 43.6 cm³/mol. The number of hydrogen-bond acceptors (Lipinski definition) is 4. The van der Waals surface area contributed by atoms with Crippen LogP contribution in [0.15, 0.2) is 0 Å². The number of hydrogen-bond donors (Lipinski definition) is 2. The lowest BCUT2D eigenvalue weighted by Gasteiger charge is -2.13. The SMILES string of the molecule is CCC[C@@H](O)C[C@@H](O)COC=O. The first-order valence-electron chi connectivity index (χ1n) is 4.12. The third kappa shape index (κ3) is 6.12. The van der Waals surface area contributed by atoms with Crippen LogP contribution in [0.1, 0.15) is 26.2 Å². The first-order chi connectivity index (χ1) is 5.70. The van der Waals surface area contributed by atoms with Gasteiger partial charge in [-0.25, -0.2) is 0 Å². The molecule has 4 heteroatoms. The van der Waals surface area contributed by atoms with Crippen molar-refractivity contribution in [3.05, 3.63) is 0 Å². The average Bonchev–Trinajstić information content (AvgIpc) is 2.01. The quantitative estimate of drug-likeness (QED) is 0.539. The highest BCUT2D eigenvalue weighted by atomic mass is 16.5. The summed E-state index contributed by atoms with van der Waals surface area (Å²) in [6.45, 7) is 2.21. The van der Waals surface area contributed by atoms with Crippen LogP contribution in [-0.2, 0) is 9.53 Å². The summed E-state index contributed by atoms with van der Waals surface area (Å²) in [5.74, 6) is 0. The fourth-order valence-corrected chi connectivity index (χ4v) is 0.984. The van der Waals surface area contributed by atoms with Gasteiger partial charge in [-0.2, -0.15) is 0 Å². The van der Waals surface area contributed by atoms with Crippen molar-refractivity contribution in [2.75, 3.05) is 6.61 Å². The highest BCUT2D eigenvalue weighted by Gasteiger charge is 2.10. The third-order valence-corrected chi connectivity index (χ3v) is 1.52. The van der Waals surface area contributed by atoms with Crippen LogP contribution in [0.2, 0.25) is 0 Å². The number of carbonyl (C=O) groups is 1. The monoisotopic (exact) mass is 176 g/mol. The number of carbonyl (C=O) groups excluding carboxylic acids is 1. The van der Waals surface area contributed by atoms with E-state index in [9.17, 15) is 9.90 Å². The summed E-state index contributed by atoms with van der Waals surface area (Å²) < 4.78 is 4.33. The second-order valence-corrected chi connectivity index (χ2v) is 2.76. The van der Waals surface area contributed by atoms with E-state index in [2.05, 4.69) is 4.74 Å². The van der Waals surface area contributed by atoms with Gasteiger partial charge < -0.3 is 14.9 Å². The Labute approximate surface area is 72.2 Å². The van der Waals surface area contributed by atoms with Gasteiger partial charge in [-0.05, 0) is 6.42 Å². The molecule has 0 aliphatic heterocycles. The molecule has 0 aromatic carbocycles. The molecule has 0 amide bonds. The lowest BCUT2D eigenvalue weighted by Crippen LogP contribution is -2.22. The van der Waals surface area contributed by atoms with E-state index in [-0.39, 0.29) is 19.5 Å². The van der Waals surface area contributed by atoms with Crippen molar-refractivity contribution in [2.24, 2.45) is 0 Å². The molecule has 0 aliphatic carbocycles. The summed E-state index contributed by atoms with van der Waals surface area (Å²) >= 11 is 0. The van der Waals surface area contributed by atoms with Gasteiger partial charge in [-0.15, -0.1) is 0 Å². The van der Waals surface area contributed by atoms with Crippen LogP contribution in [-0.4, -0.2) is 35.5 Å². The Bertz CT molecular complexity index is 116. The Morgan fingerprint density at radius 3 is 2.58 bits per heavy atom. The third-order valence-electron chi connectivity index (χ3n) is 1.52. The van der Waals surface area contributed by atoms with E-state index >= 15 is 0 Å². The first-order valence-corrected chi connectivity index (χ1v) is 4.12. The van der Waals surface area contributed by atoms with Crippen molar-refractivity contribution in [2.45, 2.75) is 38.4 Å². The maximum atomic E-state index is 9.72. The number of rotatable bonds is 7. The molecule has 0 unspecified atom stereocenters. The fraction of sp³-hybridized carbons (Fsp3) is 0.875. The largest absolute Gasteiger partial charge is 0.465 e. The van der Waals surface area contributed by atoms with Gasteiger partial charge in [-0.3, -0.25) is 4.79 Å². The Morgan fingerprint density at radius 1 is 1.42 bits per heavy atom. The van der Waals surface area contributed by atoms with E-state index in [4.69, 9.17) is 5.11 Å². The van der Waals surface area contributed by atoms with Crippen molar-refractivity contribution in [1.82, 2.24) is 0 Å². The van der Waals surface area contributed by atoms with E-state index in [1.165, 1.54) is 0 Å². The molecule has 0 radical (unpaired) electrons. The van der Waals surface area contributed by atoms with Crippen LogP contribution in [0.3, 0.4) is 0 Å². The van der Waals surface area contributed by atoms with Crippen LogP contribution in [0.25, 0.3) is 0 Å². The molecule has 4 nitrogen and oxygen atoms in total. The highest BCUT2D eigenvalue weighted by molar-refractivity contribution is 5.36. The van der Waals surface area contributed by atoms with Gasteiger partial charge in [0.2, 0.25) is 0 Å². The molecular weight excluding hydrogens is 160 g/mol. The molecule has 72 valence electrons. The Morgan fingerprint density at radius 2 is 2.08 bits per heavy atom. The summed E-state index contributed by atoms with van der Waals surface area (Å²) in [5.41, 5.74) is 0. The molecule has 2 atom stereocenters. The number of ether oxygens (including phenoxy) is 1. The summed E-state index contributed by atoms with van der Waals surface area (Å²) in [6, 6.07) is 0. The van der Waals surface area contributed by atoms with Gasteiger partial charge in [0.25, 0.3) is 6.47 Å². The van der Waals surface area contributed by atoms with Crippen LogP contribution >= 0.6 is 0 Å². The maximum absolute atomic E-state index is 9.72. The zero-order chi connectivity index (χ0) is 9.40. The molecule has 0 spiro atoms. The molecule has 12 heavy (non-hydrogen) atoms. The lowest BCUT2D eigenvalue weighted by molar-refractivity contribution is -0.132. The van der Waals surface area contributed by atoms with Crippen LogP contribution in [0.4, 0.5) is 0 Å². The smallest absolute Gasteiger partial charge is 0.293 e. The van der Waals surface area contributed by atoms with Crippen LogP contribution in [0, 0.1) is 0 Å². The average molecular weight is 176 g/mol. The maximum Gasteiger partial charge on any atom is 0.293 e. The van der Waals surface area contributed by atoms with Gasteiger partial charge in [0.1, 0.15) is 6.61 Å². The van der Waals surface area contributed by atoms with E-state index in [0.717, 1.165) is 6.42 Å². The molecule has 0 bridgehead atoms. The van der Waals surface area contributed by atoms with Crippen molar-refractivity contribution < 1.29 is 19.7 Å². The van der Waals surface area contributed by atoms with Gasteiger partial charge in [0.15, 0.2) is 0 Å². The molecule has 0 aliphatic rings. The Kier molecular flexibility index (Phi) is 6.70. The molecule has 2 N–H and O–H groups in total. The Hall–Kier alpha value is -0.610. The fourth-order valence-electron chi connectivity index (χ4n) is 0.984. The number of aliphatic hydroxyl groups is 2. The molecule has 0 fully saturated rings. The van der Waals surface area contributed by atoms with Crippen molar-refractivity contribution in [3.8, 4) is 0 Å². The van der Waals surface area contributed by atoms with Crippen molar-refractivity contribution in [1.29, 1.82) is 0 Å². The van der Waals surface area contributed by atoms with E-state index < -0.39 is 12.2 Å². The summed E-state index contributed by atoms with van der Waals surface area (Å²) in [5, 5.41) is 18.3. The molecule has 0 aromatic rings. The van der Waals surface area contributed by atoms with E-state index in [0.29, 0.717) is 6.42 Å². The van der Waals surface area contributed by atoms with Crippen molar-refractivity contribution >= 4 is 6.47 Å². The minimum atomic E-state index is -0.753. The summed E-state index contributed by atoms with van der Waals surface area (Å²) in [4.78, 5) is 9.72. The van der Waals surface area contributed by atoms with Gasteiger partial charge in [-0.1, -0.05) is 13.3 Å². The molecule has 0 aromatic heterocycles. The topological polar surface area (TPSA) is 66.8 Å². The standard InChI is InChI=1S/C8H16O4/c1-2-3-7(10)4-8(11)5-12-6-9/h6-8,10-11H,2-5H2,1H3/t7-,8-/m1/s1.